The van der Waals surface area contributed by atoms with Crippen molar-refractivity contribution in [1.29, 1.82) is 0 Å². The molecule has 1 N–H and O–H groups in total. The van der Waals surface area contributed by atoms with Gasteiger partial charge in [0.05, 0.1) is 6.61 Å². The normalized spacial score (nSPS) is 12.5. The van der Waals surface area contributed by atoms with Crippen LogP contribution in [0.4, 0.5) is 0 Å². The van der Waals surface area contributed by atoms with E-state index in [0.717, 1.165) is 70.6 Å². The van der Waals surface area contributed by atoms with Crippen LogP contribution in [0.25, 0.3) is 0 Å². The van der Waals surface area contributed by atoms with Gasteiger partial charge in [-0.15, -0.1) is 0 Å². The molecule has 0 radical (unpaired) electrons. The minimum atomic E-state index is -0.779. The van der Waals surface area contributed by atoms with Crippen LogP contribution in [0.1, 0.15) is 168 Å². The summed E-state index contributed by atoms with van der Waals surface area (Å²) < 4.78 is 10.5. The van der Waals surface area contributed by atoms with Crippen molar-refractivity contribution in [2.24, 2.45) is 0 Å². The van der Waals surface area contributed by atoms with Crippen molar-refractivity contribution < 1.29 is 24.2 Å². The molecule has 42 heavy (non-hydrogen) atoms. The maximum absolute atomic E-state index is 12.1. The molecule has 0 rings (SSSR count). The Morgan fingerprint density at radius 2 is 1.00 bits per heavy atom. The third-order valence-corrected chi connectivity index (χ3v) is 7.39. The molecule has 0 aromatic rings. The molecule has 5 nitrogen and oxygen atoms in total. The molecule has 244 valence electrons. The Kier molecular flexibility index (Phi) is 32.1. The molecule has 0 aliphatic rings. The van der Waals surface area contributed by atoms with Gasteiger partial charge in [0.1, 0.15) is 6.61 Å². The molecule has 0 saturated carbocycles. The Labute approximate surface area is 259 Å². The molecule has 1 unspecified atom stereocenters. The van der Waals surface area contributed by atoms with Crippen molar-refractivity contribution in [3.63, 3.8) is 0 Å². The number of hydrogen-bond acceptors (Lipinski definition) is 5. The van der Waals surface area contributed by atoms with E-state index in [9.17, 15) is 14.7 Å². The molecular weight excluding hydrogens is 524 g/mol. The Hall–Kier alpha value is -1.88. The minimum Gasteiger partial charge on any atom is -0.462 e. The quantitative estimate of drug-likeness (QED) is 0.0494. The van der Waals surface area contributed by atoms with Crippen molar-refractivity contribution in [1.82, 2.24) is 0 Å². The molecule has 0 aliphatic carbocycles. The van der Waals surface area contributed by atoms with Gasteiger partial charge in [-0.25, -0.2) is 0 Å². The predicted octanol–water partition coefficient (Wildman–Crippen LogP) is 10.5. The molecule has 0 fully saturated rings. The summed E-state index contributed by atoms with van der Waals surface area (Å²) in [7, 11) is 0. The summed E-state index contributed by atoms with van der Waals surface area (Å²) in [5, 5.41) is 9.51. The van der Waals surface area contributed by atoms with Crippen molar-refractivity contribution in [2.75, 3.05) is 13.2 Å². The molecule has 0 bridgehead atoms. The first kappa shape index (κ1) is 40.1. The van der Waals surface area contributed by atoms with Gasteiger partial charge < -0.3 is 14.6 Å². The molecule has 0 spiro atoms. The molecule has 0 amide bonds. The zero-order valence-corrected chi connectivity index (χ0v) is 27.5. The third-order valence-electron chi connectivity index (χ3n) is 7.39. The summed E-state index contributed by atoms with van der Waals surface area (Å²) in [6.45, 7) is 4.03. The summed E-state index contributed by atoms with van der Waals surface area (Å²) in [6.07, 6.45) is 39.1. The van der Waals surface area contributed by atoms with Gasteiger partial charge in [-0.05, 0) is 64.2 Å². The zero-order chi connectivity index (χ0) is 30.8. The van der Waals surface area contributed by atoms with E-state index >= 15 is 0 Å². The maximum atomic E-state index is 12.1. The smallest absolute Gasteiger partial charge is 0.306 e. The second-order valence-electron chi connectivity index (χ2n) is 11.6. The van der Waals surface area contributed by atoms with Gasteiger partial charge in [-0.1, -0.05) is 127 Å². The number of ether oxygens (including phenoxy) is 2. The first-order valence-corrected chi connectivity index (χ1v) is 17.5. The number of esters is 2. The van der Waals surface area contributed by atoms with E-state index in [4.69, 9.17) is 9.47 Å². The second kappa shape index (κ2) is 33.6. The lowest BCUT2D eigenvalue weighted by Crippen LogP contribution is -2.28. The number of hydrogen-bond donors (Lipinski definition) is 1. The van der Waals surface area contributed by atoms with Crippen LogP contribution < -0.4 is 0 Å². The molecule has 0 aromatic heterocycles. The summed E-state index contributed by atoms with van der Waals surface area (Å²) >= 11 is 0. The lowest BCUT2D eigenvalue weighted by molar-refractivity contribution is -0.161. The highest BCUT2D eigenvalue weighted by atomic mass is 16.6. The predicted molar refractivity (Wildman–Crippen MR) is 178 cm³/mol. The van der Waals surface area contributed by atoms with Gasteiger partial charge in [0.25, 0.3) is 0 Å². The van der Waals surface area contributed by atoms with Crippen molar-refractivity contribution >= 4 is 11.9 Å². The van der Waals surface area contributed by atoms with E-state index in [2.05, 4.69) is 50.3 Å². The van der Waals surface area contributed by atoms with Crippen LogP contribution >= 0.6 is 0 Å². The molecule has 0 heterocycles. The fourth-order valence-electron chi connectivity index (χ4n) is 4.70. The topological polar surface area (TPSA) is 72.8 Å². The lowest BCUT2D eigenvalue weighted by atomic mass is 10.1. The van der Waals surface area contributed by atoms with Gasteiger partial charge in [0.2, 0.25) is 0 Å². The van der Waals surface area contributed by atoms with Crippen LogP contribution in [0.2, 0.25) is 0 Å². The highest BCUT2D eigenvalue weighted by molar-refractivity contribution is 5.70. The van der Waals surface area contributed by atoms with Gasteiger partial charge in [-0.3, -0.25) is 9.59 Å². The number of rotatable bonds is 31. The molecular formula is C37H66O5. The molecule has 0 aliphatic heterocycles. The SMILES string of the molecule is CCC/C=C\C/C=C\CCCCCCCC(=O)OC(CO)COC(=O)CCCCCCC/C=C\CCCCCCCC. The minimum absolute atomic E-state index is 0.0753. The van der Waals surface area contributed by atoms with Crippen molar-refractivity contribution in [3.05, 3.63) is 36.5 Å². The monoisotopic (exact) mass is 590 g/mol. The van der Waals surface area contributed by atoms with E-state index in [-0.39, 0.29) is 25.2 Å². The van der Waals surface area contributed by atoms with Crippen molar-refractivity contribution in [2.45, 2.75) is 174 Å². The van der Waals surface area contributed by atoms with E-state index < -0.39 is 6.10 Å². The average Bonchev–Trinajstić information content (AvgIpc) is 2.99. The van der Waals surface area contributed by atoms with Crippen LogP contribution in [-0.4, -0.2) is 36.4 Å². The lowest BCUT2D eigenvalue weighted by Gasteiger charge is -2.15. The Morgan fingerprint density at radius 1 is 0.548 bits per heavy atom. The summed E-state index contributed by atoms with van der Waals surface area (Å²) in [5.74, 6) is -0.619. The summed E-state index contributed by atoms with van der Waals surface area (Å²) in [6, 6.07) is 0. The molecule has 1 atom stereocenters. The van der Waals surface area contributed by atoms with Gasteiger partial charge in [-0.2, -0.15) is 0 Å². The van der Waals surface area contributed by atoms with Gasteiger partial charge >= 0.3 is 11.9 Å². The second-order valence-corrected chi connectivity index (χ2v) is 11.6. The van der Waals surface area contributed by atoms with Crippen LogP contribution in [0.15, 0.2) is 36.5 Å². The average molecular weight is 591 g/mol. The van der Waals surface area contributed by atoms with E-state index in [0.29, 0.717) is 12.8 Å². The standard InChI is InChI=1S/C37H66O5/c1-3-5-7-9-11-13-15-17-18-20-21-23-25-27-29-31-36(39)41-34-35(33-38)42-37(40)32-30-28-26-24-22-19-16-14-12-10-8-6-4-2/h8,10,14,16-18,35,38H,3-7,9,11-13,15,19-34H2,1-2H3/b10-8-,16-14-,18-17-. The van der Waals surface area contributed by atoms with E-state index in [1.807, 2.05) is 0 Å². The zero-order valence-electron chi connectivity index (χ0n) is 27.5. The number of allylic oxidation sites excluding steroid dienone is 6. The molecule has 5 heteroatoms. The van der Waals surface area contributed by atoms with E-state index in [1.165, 1.54) is 70.6 Å². The Morgan fingerprint density at radius 3 is 1.52 bits per heavy atom. The summed E-state index contributed by atoms with van der Waals surface area (Å²) in [5.41, 5.74) is 0. The number of carbonyl (C=O) groups is 2. The number of carbonyl (C=O) groups excluding carboxylic acids is 2. The maximum Gasteiger partial charge on any atom is 0.306 e. The van der Waals surface area contributed by atoms with E-state index in [1.54, 1.807) is 0 Å². The highest BCUT2D eigenvalue weighted by Crippen LogP contribution is 2.12. The van der Waals surface area contributed by atoms with Crippen LogP contribution in [0.3, 0.4) is 0 Å². The van der Waals surface area contributed by atoms with Crippen LogP contribution in [-0.2, 0) is 19.1 Å². The highest BCUT2D eigenvalue weighted by Gasteiger charge is 2.16. The Bertz CT molecular complexity index is 682. The third kappa shape index (κ3) is 31.1. The van der Waals surface area contributed by atoms with Gasteiger partial charge in [0.15, 0.2) is 6.10 Å². The first-order chi connectivity index (χ1) is 20.6. The molecule has 0 saturated heterocycles. The number of aliphatic hydroxyl groups excluding tert-OH is 1. The summed E-state index contributed by atoms with van der Waals surface area (Å²) in [4.78, 5) is 24.1. The van der Waals surface area contributed by atoms with Gasteiger partial charge in [0, 0.05) is 12.8 Å². The Balaban J connectivity index is 3.61. The van der Waals surface area contributed by atoms with Crippen LogP contribution in [0.5, 0.6) is 0 Å². The number of unbranched alkanes of at least 4 members (excludes halogenated alkanes) is 17. The largest absolute Gasteiger partial charge is 0.462 e. The van der Waals surface area contributed by atoms with Crippen LogP contribution in [0, 0.1) is 0 Å². The van der Waals surface area contributed by atoms with Crippen molar-refractivity contribution in [3.8, 4) is 0 Å². The molecule has 0 aromatic carbocycles. The number of aliphatic hydroxyl groups is 1. The fraction of sp³-hybridized carbons (Fsp3) is 0.784. The fourth-order valence-corrected chi connectivity index (χ4v) is 4.70. The first-order valence-electron chi connectivity index (χ1n) is 17.5.